The van der Waals surface area contributed by atoms with E-state index in [1.807, 2.05) is 6.07 Å². The summed E-state index contributed by atoms with van der Waals surface area (Å²) in [6.07, 6.45) is -4.50. The largest absolute Gasteiger partial charge is 0.573 e. The quantitative estimate of drug-likeness (QED) is 0.801. The molecule has 2 aromatic carbocycles. The molecule has 0 radical (unpaired) electrons. The lowest BCUT2D eigenvalue weighted by Gasteiger charge is -2.10. The van der Waals surface area contributed by atoms with Crippen molar-refractivity contribution in [1.29, 1.82) is 5.26 Å². The normalized spacial score (nSPS) is 11.0. The van der Waals surface area contributed by atoms with Crippen LogP contribution in [0.15, 0.2) is 42.5 Å². The molecule has 0 aromatic heterocycles. The maximum absolute atomic E-state index is 12.1. The maximum atomic E-state index is 12.1. The fourth-order valence-electron chi connectivity index (χ4n) is 1.80. The fourth-order valence-corrected chi connectivity index (χ4v) is 2.05. The minimum Gasteiger partial charge on any atom is -0.406 e. The van der Waals surface area contributed by atoms with E-state index in [1.54, 1.807) is 18.2 Å². The highest BCUT2D eigenvalue weighted by Gasteiger charge is 2.30. The number of nitrogens with zero attached hydrogens (tertiary/aromatic N) is 1. The summed E-state index contributed by atoms with van der Waals surface area (Å²) in [5.41, 5.74) is 2.16. The second-order valence-electron chi connectivity index (χ2n) is 4.21. The number of rotatable bonds is 3. The van der Waals surface area contributed by atoms with E-state index in [0.717, 1.165) is 5.56 Å². The smallest absolute Gasteiger partial charge is 0.406 e. The molecule has 0 heterocycles. The lowest BCUT2D eigenvalue weighted by molar-refractivity contribution is -0.274. The molecule has 0 saturated carbocycles. The summed E-state index contributed by atoms with van der Waals surface area (Å²) in [7, 11) is 0. The maximum Gasteiger partial charge on any atom is 0.573 e. The van der Waals surface area contributed by atoms with Crippen LogP contribution in [-0.2, 0) is 6.42 Å². The monoisotopic (exact) mass is 311 g/mol. The number of benzene rings is 2. The van der Waals surface area contributed by atoms with Gasteiger partial charge in [0, 0.05) is 5.02 Å². The first-order valence-electron chi connectivity index (χ1n) is 5.90. The molecule has 0 fully saturated rings. The van der Waals surface area contributed by atoms with Crippen molar-refractivity contribution < 1.29 is 17.9 Å². The molecule has 0 N–H and O–H groups in total. The van der Waals surface area contributed by atoms with Crippen LogP contribution in [-0.4, -0.2) is 6.36 Å². The molecule has 2 aromatic rings. The summed E-state index contributed by atoms with van der Waals surface area (Å²) in [6.45, 7) is 0. The van der Waals surface area contributed by atoms with Gasteiger partial charge < -0.3 is 4.74 Å². The average molecular weight is 312 g/mol. The number of ether oxygens (including phenoxy) is 1. The highest BCUT2D eigenvalue weighted by atomic mass is 35.5. The summed E-state index contributed by atoms with van der Waals surface area (Å²) in [6, 6.07) is 12.7. The first kappa shape index (κ1) is 15.2. The molecule has 6 heteroatoms. The zero-order valence-corrected chi connectivity index (χ0v) is 11.4. The molecule has 21 heavy (non-hydrogen) atoms. The van der Waals surface area contributed by atoms with Gasteiger partial charge in [0.25, 0.3) is 0 Å². The van der Waals surface area contributed by atoms with Gasteiger partial charge in [-0.15, -0.1) is 13.2 Å². The second-order valence-corrected chi connectivity index (χ2v) is 4.62. The Hall–Kier alpha value is -2.19. The van der Waals surface area contributed by atoms with Crippen LogP contribution in [0.4, 0.5) is 13.2 Å². The molecule has 0 atom stereocenters. The topological polar surface area (TPSA) is 33.0 Å². The van der Waals surface area contributed by atoms with E-state index < -0.39 is 6.36 Å². The van der Waals surface area contributed by atoms with Crippen LogP contribution < -0.4 is 4.74 Å². The van der Waals surface area contributed by atoms with Crippen LogP contribution in [0.3, 0.4) is 0 Å². The Kier molecular flexibility index (Phi) is 4.39. The number of hydrogen-bond acceptors (Lipinski definition) is 2. The summed E-state index contributed by atoms with van der Waals surface area (Å²) >= 11 is 6.05. The second kappa shape index (κ2) is 6.06. The third kappa shape index (κ3) is 4.14. The van der Waals surface area contributed by atoms with Crippen LogP contribution in [0, 0.1) is 11.3 Å². The zero-order chi connectivity index (χ0) is 15.5. The number of halogens is 4. The van der Waals surface area contributed by atoms with Crippen molar-refractivity contribution in [2.45, 2.75) is 12.8 Å². The Bertz CT molecular complexity index is 675. The molecule has 108 valence electrons. The fraction of sp³-hybridized carbons (Fsp3) is 0.133. The van der Waals surface area contributed by atoms with Gasteiger partial charge in [0.15, 0.2) is 0 Å². The third-order valence-electron chi connectivity index (χ3n) is 2.74. The Balaban J connectivity index is 2.23. The van der Waals surface area contributed by atoms with Gasteiger partial charge >= 0.3 is 6.36 Å². The van der Waals surface area contributed by atoms with Crippen LogP contribution in [0.25, 0.3) is 11.1 Å². The van der Waals surface area contributed by atoms with Crippen molar-refractivity contribution in [3.8, 4) is 22.9 Å². The molecular formula is C15H9ClF3NO. The standard InChI is InChI=1S/C15H9ClF3NO/c16-14-9-12(2-1-11(14)7-8-20)10-3-5-13(6-4-10)21-15(17,18)19/h1-6,9H,7H2. The van der Waals surface area contributed by atoms with E-state index in [0.29, 0.717) is 16.1 Å². The van der Waals surface area contributed by atoms with Gasteiger partial charge in [-0.1, -0.05) is 35.9 Å². The molecule has 0 aliphatic rings. The Morgan fingerprint density at radius 3 is 2.19 bits per heavy atom. The van der Waals surface area contributed by atoms with Crippen LogP contribution >= 0.6 is 11.6 Å². The highest BCUT2D eigenvalue weighted by molar-refractivity contribution is 6.31. The number of hydrogen-bond donors (Lipinski definition) is 0. The van der Waals surface area contributed by atoms with Gasteiger partial charge in [-0.2, -0.15) is 5.26 Å². The van der Waals surface area contributed by atoms with E-state index in [2.05, 4.69) is 4.74 Å². The minimum absolute atomic E-state index is 0.206. The average Bonchev–Trinajstić information content (AvgIpc) is 2.40. The van der Waals surface area contributed by atoms with Gasteiger partial charge in [-0.05, 0) is 34.9 Å². The Labute approximate surface area is 124 Å². The summed E-state index contributed by atoms with van der Waals surface area (Å²) in [4.78, 5) is 0. The van der Waals surface area contributed by atoms with Crippen LogP contribution in [0.1, 0.15) is 5.56 Å². The van der Waals surface area contributed by atoms with E-state index in [1.165, 1.54) is 24.3 Å². The lowest BCUT2D eigenvalue weighted by Crippen LogP contribution is -2.16. The summed E-state index contributed by atoms with van der Waals surface area (Å²) in [5.74, 6) is -0.279. The summed E-state index contributed by atoms with van der Waals surface area (Å²) in [5, 5.41) is 9.09. The van der Waals surface area contributed by atoms with Gasteiger partial charge in [-0.3, -0.25) is 0 Å². The van der Waals surface area contributed by atoms with Gasteiger partial charge in [-0.25, -0.2) is 0 Å². The van der Waals surface area contributed by atoms with Crippen molar-refractivity contribution in [2.75, 3.05) is 0 Å². The molecular weight excluding hydrogens is 303 g/mol. The first-order chi connectivity index (χ1) is 9.89. The Morgan fingerprint density at radius 1 is 1.05 bits per heavy atom. The van der Waals surface area contributed by atoms with E-state index in [9.17, 15) is 13.2 Å². The van der Waals surface area contributed by atoms with E-state index >= 15 is 0 Å². The minimum atomic E-state index is -4.70. The zero-order valence-electron chi connectivity index (χ0n) is 10.6. The molecule has 2 nitrogen and oxygen atoms in total. The molecule has 0 amide bonds. The third-order valence-corrected chi connectivity index (χ3v) is 3.10. The molecule has 0 unspecified atom stereocenters. The van der Waals surface area contributed by atoms with Crippen LogP contribution in [0.2, 0.25) is 5.02 Å². The molecule has 0 aliphatic carbocycles. The highest BCUT2D eigenvalue weighted by Crippen LogP contribution is 2.29. The number of alkyl halides is 3. The van der Waals surface area contributed by atoms with Gasteiger partial charge in [0.1, 0.15) is 5.75 Å². The molecule has 0 aliphatic heterocycles. The first-order valence-corrected chi connectivity index (χ1v) is 6.28. The van der Waals surface area contributed by atoms with Crippen molar-refractivity contribution in [2.24, 2.45) is 0 Å². The van der Waals surface area contributed by atoms with Crippen molar-refractivity contribution in [3.05, 3.63) is 53.1 Å². The van der Waals surface area contributed by atoms with Crippen molar-refractivity contribution in [3.63, 3.8) is 0 Å². The van der Waals surface area contributed by atoms with Crippen molar-refractivity contribution >= 4 is 11.6 Å². The SMILES string of the molecule is N#CCc1ccc(-c2ccc(OC(F)(F)F)cc2)cc1Cl. The van der Waals surface area contributed by atoms with Crippen LogP contribution in [0.5, 0.6) is 5.75 Å². The Morgan fingerprint density at radius 2 is 1.67 bits per heavy atom. The predicted molar refractivity (Wildman–Crippen MR) is 72.9 cm³/mol. The van der Waals surface area contributed by atoms with E-state index in [4.69, 9.17) is 16.9 Å². The predicted octanol–water partition coefficient (Wildman–Crippen LogP) is 4.97. The van der Waals surface area contributed by atoms with Crippen molar-refractivity contribution in [1.82, 2.24) is 0 Å². The molecule has 0 spiro atoms. The molecule has 0 saturated heterocycles. The lowest BCUT2D eigenvalue weighted by atomic mass is 10.0. The van der Waals surface area contributed by atoms with Gasteiger partial charge in [0.2, 0.25) is 0 Å². The molecule has 2 rings (SSSR count). The molecule has 0 bridgehead atoms. The van der Waals surface area contributed by atoms with Gasteiger partial charge in [0.05, 0.1) is 12.5 Å². The summed E-state index contributed by atoms with van der Waals surface area (Å²) < 4.78 is 40.0. The number of nitriles is 1. The van der Waals surface area contributed by atoms with E-state index in [-0.39, 0.29) is 12.2 Å².